The standard InChI is InChI=1S/C9H14F3NO2S/c1-6-7(2)16-4-3-13(6)8(14)15-5-9(10,11)12/h6-7H,3-5H2,1-2H3. The van der Waals surface area contributed by atoms with Crippen molar-refractivity contribution in [1.29, 1.82) is 0 Å². The second-order valence-electron chi connectivity index (χ2n) is 3.68. The van der Waals surface area contributed by atoms with Crippen molar-refractivity contribution >= 4 is 17.9 Å². The van der Waals surface area contributed by atoms with Crippen LogP contribution in [0.5, 0.6) is 0 Å². The van der Waals surface area contributed by atoms with Gasteiger partial charge < -0.3 is 9.64 Å². The molecule has 1 saturated heterocycles. The largest absolute Gasteiger partial charge is 0.440 e. The summed E-state index contributed by atoms with van der Waals surface area (Å²) in [6.45, 7) is 2.67. The number of amides is 1. The van der Waals surface area contributed by atoms with Gasteiger partial charge in [-0.15, -0.1) is 0 Å². The third-order valence-corrected chi connectivity index (χ3v) is 3.82. The van der Waals surface area contributed by atoms with Crippen LogP contribution in [0.25, 0.3) is 0 Å². The maximum atomic E-state index is 11.9. The Bertz CT molecular complexity index is 260. The summed E-state index contributed by atoms with van der Waals surface area (Å²) in [6, 6.07) is -0.0977. The van der Waals surface area contributed by atoms with Crippen LogP contribution in [-0.2, 0) is 4.74 Å². The van der Waals surface area contributed by atoms with E-state index in [0.717, 1.165) is 5.75 Å². The maximum Gasteiger partial charge on any atom is 0.422 e. The quantitative estimate of drug-likeness (QED) is 0.723. The summed E-state index contributed by atoms with van der Waals surface area (Å²) in [5.74, 6) is 0.729. The van der Waals surface area contributed by atoms with Crippen molar-refractivity contribution in [2.75, 3.05) is 18.9 Å². The van der Waals surface area contributed by atoms with Crippen LogP contribution in [0.1, 0.15) is 13.8 Å². The molecule has 0 spiro atoms. The highest BCUT2D eigenvalue weighted by Crippen LogP contribution is 2.25. The van der Waals surface area contributed by atoms with E-state index in [1.807, 2.05) is 13.8 Å². The lowest BCUT2D eigenvalue weighted by Crippen LogP contribution is -2.48. The van der Waals surface area contributed by atoms with Crippen LogP contribution in [0, 0.1) is 0 Å². The van der Waals surface area contributed by atoms with E-state index in [2.05, 4.69) is 4.74 Å². The fourth-order valence-electron chi connectivity index (χ4n) is 1.42. The van der Waals surface area contributed by atoms with Gasteiger partial charge in [0, 0.05) is 23.6 Å². The first-order valence-corrected chi connectivity index (χ1v) is 5.98. The number of hydrogen-bond donors (Lipinski definition) is 0. The van der Waals surface area contributed by atoms with Crippen molar-refractivity contribution in [1.82, 2.24) is 4.90 Å². The molecule has 2 atom stereocenters. The van der Waals surface area contributed by atoms with Crippen LogP contribution in [0.15, 0.2) is 0 Å². The van der Waals surface area contributed by atoms with E-state index in [-0.39, 0.29) is 11.3 Å². The summed E-state index contributed by atoms with van der Waals surface area (Å²) in [5, 5.41) is 0.215. The molecule has 2 unspecified atom stereocenters. The van der Waals surface area contributed by atoms with E-state index in [1.54, 1.807) is 11.8 Å². The van der Waals surface area contributed by atoms with Crippen LogP contribution < -0.4 is 0 Å². The predicted molar refractivity (Wildman–Crippen MR) is 55.5 cm³/mol. The molecule has 0 aromatic carbocycles. The van der Waals surface area contributed by atoms with Gasteiger partial charge >= 0.3 is 12.3 Å². The summed E-state index contributed by atoms with van der Waals surface area (Å²) in [7, 11) is 0. The molecule has 0 aromatic heterocycles. The first-order valence-electron chi connectivity index (χ1n) is 4.93. The SMILES string of the molecule is CC1SCCN(C(=O)OCC(F)(F)F)C1C. The number of nitrogens with zero attached hydrogens (tertiary/aromatic N) is 1. The molecular weight excluding hydrogens is 243 g/mol. The Morgan fingerprint density at radius 1 is 1.50 bits per heavy atom. The lowest BCUT2D eigenvalue weighted by Gasteiger charge is -2.36. The maximum absolute atomic E-state index is 11.9. The number of ether oxygens (including phenoxy) is 1. The summed E-state index contributed by atoms with van der Waals surface area (Å²) >= 11 is 1.70. The van der Waals surface area contributed by atoms with Crippen molar-refractivity contribution in [3.8, 4) is 0 Å². The Morgan fingerprint density at radius 2 is 2.12 bits per heavy atom. The average Bonchev–Trinajstić information content (AvgIpc) is 2.17. The number of alkyl halides is 3. The van der Waals surface area contributed by atoms with Crippen LogP contribution in [0.4, 0.5) is 18.0 Å². The predicted octanol–water partition coefficient (Wildman–Crippen LogP) is 2.51. The molecule has 1 rings (SSSR count). The third kappa shape index (κ3) is 3.77. The van der Waals surface area contributed by atoms with E-state index in [9.17, 15) is 18.0 Å². The Labute approximate surface area is 96.3 Å². The molecule has 0 bridgehead atoms. The first kappa shape index (κ1) is 13.5. The van der Waals surface area contributed by atoms with Crippen molar-refractivity contribution in [2.24, 2.45) is 0 Å². The number of thioether (sulfide) groups is 1. The summed E-state index contributed by atoms with van der Waals surface area (Å²) < 4.78 is 39.8. The highest BCUT2D eigenvalue weighted by Gasteiger charge is 2.34. The molecule has 1 heterocycles. The van der Waals surface area contributed by atoms with Crippen LogP contribution in [-0.4, -0.2) is 47.4 Å². The summed E-state index contributed by atoms with van der Waals surface area (Å²) in [6.07, 6.45) is -5.34. The van der Waals surface area contributed by atoms with Crippen LogP contribution in [0.3, 0.4) is 0 Å². The van der Waals surface area contributed by atoms with Gasteiger partial charge in [0.15, 0.2) is 6.61 Å². The Morgan fingerprint density at radius 3 is 2.69 bits per heavy atom. The molecule has 0 radical (unpaired) electrons. The number of carbonyl (C=O) groups is 1. The number of rotatable bonds is 1. The van der Waals surface area contributed by atoms with Gasteiger partial charge in [0.1, 0.15) is 0 Å². The number of hydrogen-bond acceptors (Lipinski definition) is 3. The van der Waals surface area contributed by atoms with Gasteiger partial charge in [-0.05, 0) is 6.92 Å². The molecule has 0 aliphatic carbocycles. The fourth-order valence-corrected chi connectivity index (χ4v) is 2.52. The van der Waals surface area contributed by atoms with Crippen LogP contribution >= 0.6 is 11.8 Å². The highest BCUT2D eigenvalue weighted by atomic mass is 32.2. The van der Waals surface area contributed by atoms with Crippen molar-refractivity contribution in [2.45, 2.75) is 31.3 Å². The Kier molecular flexibility index (Phi) is 4.35. The van der Waals surface area contributed by atoms with Gasteiger partial charge in [-0.25, -0.2) is 4.79 Å². The molecular formula is C9H14F3NO2S. The van der Waals surface area contributed by atoms with Gasteiger partial charge in [-0.1, -0.05) is 6.92 Å². The number of carbonyl (C=O) groups excluding carboxylic acids is 1. The molecule has 3 nitrogen and oxygen atoms in total. The summed E-state index contributed by atoms with van der Waals surface area (Å²) in [5.41, 5.74) is 0. The Balaban J connectivity index is 2.47. The van der Waals surface area contributed by atoms with Gasteiger partial charge in [-0.2, -0.15) is 24.9 Å². The van der Waals surface area contributed by atoms with Gasteiger partial charge in [0.05, 0.1) is 0 Å². The molecule has 0 aromatic rings. The van der Waals surface area contributed by atoms with Gasteiger partial charge in [-0.3, -0.25) is 0 Å². The van der Waals surface area contributed by atoms with Crippen molar-refractivity contribution in [3.05, 3.63) is 0 Å². The van der Waals surface area contributed by atoms with Crippen molar-refractivity contribution in [3.63, 3.8) is 0 Å². The molecule has 1 fully saturated rings. The summed E-state index contributed by atoms with van der Waals surface area (Å²) in [4.78, 5) is 12.7. The van der Waals surface area contributed by atoms with Crippen molar-refractivity contribution < 1.29 is 22.7 Å². The topological polar surface area (TPSA) is 29.5 Å². The minimum absolute atomic E-state index is 0.0977. The van der Waals surface area contributed by atoms with Gasteiger partial charge in [0.2, 0.25) is 0 Å². The zero-order valence-corrected chi connectivity index (χ0v) is 9.90. The Hall–Kier alpha value is -0.590. The second-order valence-corrected chi connectivity index (χ2v) is 5.16. The van der Waals surface area contributed by atoms with E-state index < -0.39 is 18.9 Å². The highest BCUT2D eigenvalue weighted by molar-refractivity contribution is 8.00. The van der Waals surface area contributed by atoms with E-state index in [4.69, 9.17) is 0 Å². The second kappa shape index (κ2) is 5.16. The lowest BCUT2D eigenvalue weighted by molar-refractivity contribution is -0.162. The molecule has 1 amide bonds. The monoisotopic (exact) mass is 257 g/mol. The van der Waals surface area contributed by atoms with E-state index >= 15 is 0 Å². The normalized spacial score (nSPS) is 26.7. The van der Waals surface area contributed by atoms with E-state index in [0.29, 0.717) is 6.54 Å². The fraction of sp³-hybridized carbons (Fsp3) is 0.889. The minimum atomic E-state index is -4.46. The zero-order chi connectivity index (χ0) is 12.3. The van der Waals surface area contributed by atoms with Crippen LogP contribution in [0.2, 0.25) is 0 Å². The van der Waals surface area contributed by atoms with E-state index in [1.165, 1.54) is 4.90 Å². The average molecular weight is 257 g/mol. The van der Waals surface area contributed by atoms with Gasteiger partial charge in [0.25, 0.3) is 0 Å². The molecule has 16 heavy (non-hydrogen) atoms. The third-order valence-electron chi connectivity index (χ3n) is 2.48. The molecule has 1 aliphatic heterocycles. The zero-order valence-electron chi connectivity index (χ0n) is 9.08. The first-order chi connectivity index (χ1) is 7.31. The molecule has 1 aliphatic rings. The smallest absolute Gasteiger partial charge is 0.422 e. The molecule has 94 valence electrons. The molecule has 0 N–H and O–H groups in total. The molecule has 0 saturated carbocycles. The lowest BCUT2D eigenvalue weighted by atomic mass is 10.2. The number of halogens is 3. The minimum Gasteiger partial charge on any atom is -0.440 e. The molecule has 7 heteroatoms.